The van der Waals surface area contributed by atoms with Gasteiger partial charge in [0.1, 0.15) is 10.8 Å². The fourth-order valence-corrected chi connectivity index (χ4v) is 3.29. The van der Waals surface area contributed by atoms with Crippen molar-refractivity contribution in [3.63, 3.8) is 0 Å². The second-order valence-electron chi connectivity index (χ2n) is 5.11. The Labute approximate surface area is 130 Å². The zero-order chi connectivity index (χ0) is 14.9. The van der Waals surface area contributed by atoms with Gasteiger partial charge in [-0.25, -0.2) is 4.39 Å². The van der Waals surface area contributed by atoms with Crippen molar-refractivity contribution in [2.24, 2.45) is 0 Å². The summed E-state index contributed by atoms with van der Waals surface area (Å²) in [5.74, 6) is 0.571. The van der Waals surface area contributed by atoms with Crippen LogP contribution >= 0.6 is 11.3 Å². The van der Waals surface area contributed by atoms with Crippen LogP contribution in [0.4, 0.5) is 4.39 Å². The lowest BCUT2D eigenvalue weighted by molar-refractivity contribution is 0.0328. The van der Waals surface area contributed by atoms with Gasteiger partial charge in [-0.1, -0.05) is 11.3 Å². The summed E-state index contributed by atoms with van der Waals surface area (Å²) in [6.07, 6.45) is 0. The summed E-state index contributed by atoms with van der Waals surface area (Å²) in [6, 6.07) is 6.32. The van der Waals surface area contributed by atoms with E-state index in [9.17, 15) is 4.39 Å². The second kappa shape index (κ2) is 5.71. The minimum Gasteiger partial charge on any atom is -0.379 e. The average Bonchev–Trinajstić information content (AvgIpc) is 3.11. The lowest BCUT2D eigenvalue weighted by atomic mass is 10.2. The molecule has 3 heterocycles. The highest BCUT2D eigenvalue weighted by Crippen LogP contribution is 2.25. The van der Waals surface area contributed by atoms with Crippen LogP contribution < -0.4 is 0 Å². The Hall–Kier alpha value is -1.90. The maximum atomic E-state index is 13.0. The van der Waals surface area contributed by atoms with E-state index in [-0.39, 0.29) is 5.82 Å². The molecule has 0 N–H and O–H groups in total. The highest BCUT2D eigenvalue weighted by atomic mass is 32.1. The number of rotatable bonds is 3. The van der Waals surface area contributed by atoms with Crippen LogP contribution in [0.5, 0.6) is 0 Å². The molecule has 8 heteroatoms. The number of ether oxygens (including phenoxy) is 1. The molecule has 0 aliphatic carbocycles. The first-order valence-corrected chi connectivity index (χ1v) is 7.88. The van der Waals surface area contributed by atoms with Gasteiger partial charge in [-0.15, -0.1) is 10.2 Å². The number of nitrogens with zero attached hydrogens (tertiary/aromatic N) is 5. The largest absolute Gasteiger partial charge is 0.379 e. The van der Waals surface area contributed by atoms with Gasteiger partial charge in [0.05, 0.1) is 19.8 Å². The van der Waals surface area contributed by atoms with E-state index in [4.69, 9.17) is 4.74 Å². The SMILES string of the molecule is Fc1ccc(-c2nn3c(CN4CCOCC4)nnc3s2)cc1. The van der Waals surface area contributed by atoms with Gasteiger partial charge in [-0.05, 0) is 24.3 Å². The molecular weight excluding hydrogens is 305 g/mol. The number of fused-ring (bicyclic) bond motifs is 1. The van der Waals surface area contributed by atoms with Crippen LogP contribution in [0.25, 0.3) is 15.5 Å². The Morgan fingerprint density at radius 2 is 1.91 bits per heavy atom. The van der Waals surface area contributed by atoms with Crippen LogP contribution in [0, 0.1) is 5.82 Å². The molecule has 4 rings (SSSR count). The highest BCUT2D eigenvalue weighted by Gasteiger charge is 2.17. The van der Waals surface area contributed by atoms with E-state index < -0.39 is 0 Å². The van der Waals surface area contributed by atoms with Gasteiger partial charge in [-0.2, -0.15) is 9.61 Å². The Kier molecular flexibility index (Phi) is 3.57. The van der Waals surface area contributed by atoms with E-state index in [2.05, 4.69) is 20.2 Å². The molecule has 0 atom stereocenters. The molecule has 0 saturated carbocycles. The molecule has 3 aromatic rings. The quantitative estimate of drug-likeness (QED) is 0.737. The summed E-state index contributed by atoms with van der Waals surface area (Å²) in [4.78, 5) is 3.03. The summed E-state index contributed by atoms with van der Waals surface area (Å²) >= 11 is 1.45. The van der Waals surface area contributed by atoms with Crippen LogP contribution in [0.3, 0.4) is 0 Å². The smallest absolute Gasteiger partial charge is 0.235 e. The number of morpholine rings is 1. The van der Waals surface area contributed by atoms with Crippen molar-refractivity contribution in [1.29, 1.82) is 0 Å². The monoisotopic (exact) mass is 319 g/mol. The molecule has 22 heavy (non-hydrogen) atoms. The van der Waals surface area contributed by atoms with Crippen LogP contribution in [0.1, 0.15) is 5.82 Å². The normalized spacial score (nSPS) is 16.4. The number of hydrogen-bond acceptors (Lipinski definition) is 6. The number of halogens is 1. The molecule has 2 aromatic heterocycles. The van der Waals surface area contributed by atoms with E-state index in [0.29, 0.717) is 6.54 Å². The Morgan fingerprint density at radius 1 is 1.14 bits per heavy atom. The van der Waals surface area contributed by atoms with Crippen LogP contribution in [-0.4, -0.2) is 51.0 Å². The summed E-state index contributed by atoms with van der Waals surface area (Å²) in [5, 5.41) is 13.8. The second-order valence-corrected chi connectivity index (χ2v) is 6.07. The molecule has 0 radical (unpaired) electrons. The average molecular weight is 319 g/mol. The maximum absolute atomic E-state index is 13.0. The Bertz CT molecular complexity index is 778. The van der Waals surface area contributed by atoms with Crippen LogP contribution in [-0.2, 0) is 11.3 Å². The summed E-state index contributed by atoms with van der Waals surface area (Å²) in [7, 11) is 0. The molecule has 1 saturated heterocycles. The van der Waals surface area contributed by atoms with Gasteiger partial charge in [0.15, 0.2) is 5.82 Å². The molecule has 0 bridgehead atoms. The number of benzene rings is 1. The molecule has 0 amide bonds. The fraction of sp³-hybridized carbons (Fsp3) is 0.357. The van der Waals surface area contributed by atoms with Crippen molar-refractivity contribution in [3.05, 3.63) is 35.9 Å². The fourth-order valence-electron chi connectivity index (χ4n) is 2.42. The molecule has 114 valence electrons. The molecule has 1 aliphatic heterocycles. The zero-order valence-electron chi connectivity index (χ0n) is 11.8. The van der Waals surface area contributed by atoms with E-state index in [0.717, 1.165) is 47.7 Å². The molecular formula is C14H14FN5OS. The van der Waals surface area contributed by atoms with Gasteiger partial charge < -0.3 is 4.74 Å². The molecule has 1 aromatic carbocycles. The van der Waals surface area contributed by atoms with Gasteiger partial charge >= 0.3 is 0 Å². The first-order valence-electron chi connectivity index (χ1n) is 7.07. The van der Waals surface area contributed by atoms with Crippen LogP contribution in [0.15, 0.2) is 24.3 Å². The maximum Gasteiger partial charge on any atom is 0.235 e. The first kappa shape index (κ1) is 13.7. The molecule has 0 unspecified atom stereocenters. The first-order chi connectivity index (χ1) is 10.8. The third kappa shape index (κ3) is 2.60. The summed E-state index contributed by atoms with van der Waals surface area (Å²) < 4.78 is 20.1. The van der Waals surface area contributed by atoms with Gasteiger partial charge in [0.2, 0.25) is 4.96 Å². The highest BCUT2D eigenvalue weighted by molar-refractivity contribution is 7.19. The van der Waals surface area contributed by atoms with E-state index in [1.54, 1.807) is 16.6 Å². The molecule has 6 nitrogen and oxygen atoms in total. The van der Waals surface area contributed by atoms with Crippen molar-refractivity contribution >= 4 is 16.3 Å². The Morgan fingerprint density at radius 3 is 2.68 bits per heavy atom. The number of hydrogen-bond donors (Lipinski definition) is 0. The van der Waals surface area contributed by atoms with Gasteiger partial charge in [-0.3, -0.25) is 4.90 Å². The van der Waals surface area contributed by atoms with Crippen molar-refractivity contribution in [3.8, 4) is 10.6 Å². The van der Waals surface area contributed by atoms with Crippen molar-refractivity contribution < 1.29 is 9.13 Å². The van der Waals surface area contributed by atoms with Gasteiger partial charge in [0, 0.05) is 18.7 Å². The van der Waals surface area contributed by atoms with Crippen molar-refractivity contribution in [1.82, 2.24) is 24.7 Å². The molecule has 1 fully saturated rings. The lowest BCUT2D eigenvalue weighted by Crippen LogP contribution is -2.36. The minimum atomic E-state index is -0.250. The van der Waals surface area contributed by atoms with Gasteiger partial charge in [0.25, 0.3) is 0 Å². The Balaban J connectivity index is 1.62. The zero-order valence-corrected chi connectivity index (χ0v) is 12.6. The third-order valence-corrected chi connectivity index (χ3v) is 4.56. The summed E-state index contributed by atoms with van der Waals surface area (Å²) in [6.45, 7) is 3.99. The van der Waals surface area contributed by atoms with Crippen LogP contribution in [0.2, 0.25) is 0 Å². The molecule has 0 spiro atoms. The minimum absolute atomic E-state index is 0.250. The predicted octanol–water partition coefficient (Wildman–Crippen LogP) is 1.82. The third-order valence-electron chi connectivity index (χ3n) is 3.62. The summed E-state index contributed by atoms with van der Waals surface area (Å²) in [5.41, 5.74) is 0.884. The van der Waals surface area contributed by atoms with E-state index >= 15 is 0 Å². The van der Waals surface area contributed by atoms with E-state index in [1.807, 2.05) is 0 Å². The standard InChI is InChI=1S/C14H14FN5OS/c15-11-3-1-10(2-4-11)13-18-20-12(16-17-14(20)22-13)9-19-5-7-21-8-6-19/h1-4H,5-9H2. The topological polar surface area (TPSA) is 55.5 Å². The lowest BCUT2D eigenvalue weighted by Gasteiger charge is -2.25. The molecule has 1 aliphatic rings. The number of aromatic nitrogens is 4. The van der Waals surface area contributed by atoms with E-state index in [1.165, 1.54) is 23.5 Å². The van der Waals surface area contributed by atoms with Crippen molar-refractivity contribution in [2.75, 3.05) is 26.3 Å². The predicted molar refractivity (Wildman–Crippen MR) is 80.1 cm³/mol. The van der Waals surface area contributed by atoms with Crippen molar-refractivity contribution in [2.45, 2.75) is 6.54 Å².